The fraction of sp³-hybridized carbons (Fsp3) is 0. The summed E-state index contributed by atoms with van der Waals surface area (Å²) in [6, 6.07) is 18.3. The Morgan fingerprint density at radius 1 is 0.737 bits per heavy atom. The molecule has 0 unspecified atom stereocenters. The molecule has 0 aliphatic heterocycles. The van der Waals surface area contributed by atoms with E-state index in [0.717, 1.165) is 11.3 Å². The van der Waals surface area contributed by atoms with Crippen LogP contribution in [-0.4, -0.2) is 15.0 Å². The molecule has 0 saturated carbocycles. The molecule has 0 fully saturated rings. The van der Waals surface area contributed by atoms with Crippen LogP contribution in [0.4, 0.5) is 0 Å². The van der Waals surface area contributed by atoms with Crippen molar-refractivity contribution in [2.45, 2.75) is 0 Å². The summed E-state index contributed by atoms with van der Waals surface area (Å²) in [6.07, 6.45) is 7.52. The van der Waals surface area contributed by atoms with Gasteiger partial charge in [-0.1, -0.05) is 60.7 Å². The SMILES string of the molecule is C(=Cc1ccccc1-n1nccn1)c1ccccc1. The molecule has 0 radical (unpaired) electrons. The first-order chi connectivity index (χ1) is 9.43. The molecule has 0 saturated heterocycles. The van der Waals surface area contributed by atoms with Gasteiger partial charge < -0.3 is 0 Å². The molecule has 0 spiro atoms. The molecule has 3 aromatic rings. The smallest absolute Gasteiger partial charge is 0.0928 e. The number of para-hydroxylation sites is 1. The van der Waals surface area contributed by atoms with Gasteiger partial charge in [0.15, 0.2) is 0 Å². The zero-order valence-corrected chi connectivity index (χ0v) is 10.3. The third-order valence-corrected chi connectivity index (χ3v) is 2.83. The molecule has 3 nitrogen and oxygen atoms in total. The summed E-state index contributed by atoms with van der Waals surface area (Å²) >= 11 is 0. The number of hydrogen-bond donors (Lipinski definition) is 0. The van der Waals surface area contributed by atoms with E-state index < -0.39 is 0 Å². The molecular formula is C16H13N3. The van der Waals surface area contributed by atoms with E-state index in [1.807, 2.05) is 36.4 Å². The van der Waals surface area contributed by atoms with Crippen LogP contribution < -0.4 is 0 Å². The molecule has 92 valence electrons. The van der Waals surface area contributed by atoms with E-state index in [2.05, 4.69) is 40.5 Å². The van der Waals surface area contributed by atoms with Gasteiger partial charge >= 0.3 is 0 Å². The zero-order valence-electron chi connectivity index (χ0n) is 10.3. The van der Waals surface area contributed by atoms with Crippen molar-refractivity contribution in [1.29, 1.82) is 0 Å². The molecule has 0 aliphatic carbocycles. The minimum atomic E-state index is 0.972. The molecule has 0 bridgehead atoms. The van der Waals surface area contributed by atoms with Crippen molar-refractivity contribution in [3.63, 3.8) is 0 Å². The number of nitrogens with zero attached hydrogens (tertiary/aromatic N) is 3. The lowest BCUT2D eigenvalue weighted by Gasteiger charge is -2.04. The molecule has 3 rings (SSSR count). The Morgan fingerprint density at radius 3 is 2.21 bits per heavy atom. The molecular weight excluding hydrogens is 234 g/mol. The summed E-state index contributed by atoms with van der Waals surface area (Å²) in [5.41, 5.74) is 3.23. The zero-order chi connectivity index (χ0) is 12.9. The lowest BCUT2D eigenvalue weighted by Crippen LogP contribution is -2.00. The van der Waals surface area contributed by atoms with E-state index in [1.54, 1.807) is 17.2 Å². The van der Waals surface area contributed by atoms with Crippen molar-refractivity contribution in [3.05, 3.63) is 78.1 Å². The highest BCUT2D eigenvalue weighted by Gasteiger charge is 2.01. The van der Waals surface area contributed by atoms with Crippen LogP contribution in [0.3, 0.4) is 0 Å². The summed E-state index contributed by atoms with van der Waals surface area (Å²) < 4.78 is 0. The third kappa shape index (κ3) is 2.60. The van der Waals surface area contributed by atoms with E-state index in [1.165, 1.54) is 5.56 Å². The predicted octanol–water partition coefficient (Wildman–Crippen LogP) is 3.44. The Balaban J connectivity index is 1.96. The lowest BCUT2D eigenvalue weighted by atomic mass is 10.1. The topological polar surface area (TPSA) is 30.7 Å². The molecule has 0 atom stereocenters. The van der Waals surface area contributed by atoms with E-state index in [4.69, 9.17) is 0 Å². The monoisotopic (exact) mass is 247 g/mol. The van der Waals surface area contributed by atoms with Gasteiger partial charge in [-0.2, -0.15) is 15.0 Å². The minimum Gasteiger partial charge on any atom is -0.157 e. The maximum Gasteiger partial charge on any atom is 0.0928 e. The molecule has 2 aromatic carbocycles. The summed E-state index contributed by atoms with van der Waals surface area (Å²) in [4.78, 5) is 1.63. The summed E-state index contributed by atoms with van der Waals surface area (Å²) in [6.45, 7) is 0. The van der Waals surface area contributed by atoms with Crippen LogP contribution in [0.5, 0.6) is 0 Å². The molecule has 3 heteroatoms. The van der Waals surface area contributed by atoms with Gasteiger partial charge in [-0.15, -0.1) is 0 Å². The Kier molecular flexibility index (Phi) is 3.19. The van der Waals surface area contributed by atoms with Gasteiger partial charge in [0.25, 0.3) is 0 Å². The fourth-order valence-corrected chi connectivity index (χ4v) is 1.90. The predicted molar refractivity (Wildman–Crippen MR) is 76.7 cm³/mol. The summed E-state index contributed by atoms with van der Waals surface area (Å²) in [5.74, 6) is 0. The highest BCUT2D eigenvalue weighted by Crippen LogP contribution is 2.15. The molecule has 0 amide bonds. The Labute approximate surface area is 111 Å². The van der Waals surface area contributed by atoms with Crippen LogP contribution in [-0.2, 0) is 0 Å². The van der Waals surface area contributed by atoms with Crippen molar-refractivity contribution in [1.82, 2.24) is 15.0 Å². The van der Waals surface area contributed by atoms with Crippen LogP contribution in [0.25, 0.3) is 17.8 Å². The standard InChI is InChI=1S/C16H13N3/c1-2-6-14(7-3-1)10-11-15-8-4-5-9-16(15)19-17-12-13-18-19/h1-13H. The quantitative estimate of drug-likeness (QED) is 0.664. The molecule has 1 aromatic heterocycles. The first kappa shape index (κ1) is 11.4. The van der Waals surface area contributed by atoms with E-state index in [-0.39, 0.29) is 0 Å². The number of benzene rings is 2. The molecule has 0 aliphatic rings. The van der Waals surface area contributed by atoms with Crippen molar-refractivity contribution in [2.24, 2.45) is 0 Å². The number of hydrogen-bond acceptors (Lipinski definition) is 2. The van der Waals surface area contributed by atoms with Gasteiger partial charge in [-0.3, -0.25) is 0 Å². The maximum absolute atomic E-state index is 4.17. The first-order valence-electron chi connectivity index (χ1n) is 6.12. The van der Waals surface area contributed by atoms with Gasteiger partial charge in [0.2, 0.25) is 0 Å². The Hall–Kier alpha value is -2.68. The van der Waals surface area contributed by atoms with Crippen molar-refractivity contribution >= 4 is 12.2 Å². The molecule has 19 heavy (non-hydrogen) atoms. The van der Waals surface area contributed by atoms with Crippen LogP contribution in [0.15, 0.2) is 67.0 Å². The van der Waals surface area contributed by atoms with Gasteiger partial charge in [-0.05, 0) is 11.6 Å². The van der Waals surface area contributed by atoms with Crippen molar-refractivity contribution < 1.29 is 0 Å². The van der Waals surface area contributed by atoms with Crippen LogP contribution >= 0.6 is 0 Å². The van der Waals surface area contributed by atoms with Gasteiger partial charge in [0.1, 0.15) is 0 Å². The Bertz CT molecular complexity index is 670. The summed E-state index contributed by atoms with van der Waals surface area (Å²) in [7, 11) is 0. The molecule has 0 N–H and O–H groups in total. The second-order valence-electron chi connectivity index (χ2n) is 4.12. The van der Waals surface area contributed by atoms with E-state index >= 15 is 0 Å². The largest absolute Gasteiger partial charge is 0.157 e. The average Bonchev–Trinajstić information content (AvgIpc) is 3.01. The average molecular weight is 247 g/mol. The van der Waals surface area contributed by atoms with Gasteiger partial charge in [0, 0.05) is 5.56 Å². The third-order valence-electron chi connectivity index (χ3n) is 2.83. The number of rotatable bonds is 3. The minimum absolute atomic E-state index is 0.972. The number of aromatic nitrogens is 3. The van der Waals surface area contributed by atoms with E-state index in [0.29, 0.717) is 0 Å². The fourth-order valence-electron chi connectivity index (χ4n) is 1.90. The normalized spacial score (nSPS) is 10.9. The first-order valence-corrected chi connectivity index (χ1v) is 6.12. The highest BCUT2D eigenvalue weighted by molar-refractivity contribution is 5.73. The van der Waals surface area contributed by atoms with Crippen LogP contribution in [0.1, 0.15) is 11.1 Å². The second kappa shape index (κ2) is 5.31. The van der Waals surface area contributed by atoms with Crippen molar-refractivity contribution in [2.75, 3.05) is 0 Å². The summed E-state index contributed by atoms with van der Waals surface area (Å²) in [5, 5.41) is 8.35. The van der Waals surface area contributed by atoms with Crippen molar-refractivity contribution in [3.8, 4) is 5.69 Å². The van der Waals surface area contributed by atoms with E-state index in [9.17, 15) is 0 Å². The Morgan fingerprint density at radius 2 is 1.42 bits per heavy atom. The lowest BCUT2D eigenvalue weighted by molar-refractivity contribution is 0.751. The molecule has 1 heterocycles. The van der Waals surface area contributed by atoms with Crippen LogP contribution in [0.2, 0.25) is 0 Å². The maximum atomic E-state index is 4.17. The van der Waals surface area contributed by atoms with Gasteiger partial charge in [0.05, 0.1) is 18.1 Å². The highest BCUT2D eigenvalue weighted by atomic mass is 15.5. The second-order valence-corrected chi connectivity index (χ2v) is 4.12. The van der Waals surface area contributed by atoms with Crippen LogP contribution in [0, 0.1) is 0 Å². The van der Waals surface area contributed by atoms with Gasteiger partial charge in [-0.25, -0.2) is 0 Å².